The van der Waals surface area contributed by atoms with Crippen molar-refractivity contribution < 1.29 is 18.0 Å². The van der Waals surface area contributed by atoms with E-state index in [1.54, 1.807) is 20.8 Å². The molecule has 1 fully saturated rings. The normalized spacial score (nSPS) is 27.3. The van der Waals surface area contributed by atoms with Crippen molar-refractivity contribution in [2.45, 2.75) is 45.2 Å². The zero-order chi connectivity index (χ0) is 15.1. The lowest BCUT2D eigenvalue weighted by atomic mass is 9.87. The fourth-order valence-electron chi connectivity index (χ4n) is 2.01. The smallest absolute Gasteiger partial charge is 0.248 e. The highest BCUT2D eigenvalue weighted by Crippen LogP contribution is 2.27. The lowest BCUT2D eigenvalue weighted by molar-refractivity contribution is -0.160. The van der Waals surface area contributed by atoms with Crippen LogP contribution in [0.15, 0.2) is 0 Å². The zero-order valence-corrected chi connectivity index (χ0v) is 12.9. The summed E-state index contributed by atoms with van der Waals surface area (Å²) >= 11 is 0. The molecule has 0 saturated carbocycles. The van der Waals surface area contributed by atoms with Crippen molar-refractivity contribution in [2.24, 2.45) is 0 Å². The Balaban J connectivity index is 3.08. The van der Waals surface area contributed by atoms with Crippen LogP contribution in [0.1, 0.15) is 34.1 Å². The molecule has 1 heterocycles. The number of hydrogen-bond acceptors (Lipinski definition) is 4. The fourth-order valence-corrected chi connectivity index (χ4v) is 2.52. The molecule has 2 amide bonds. The lowest BCUT2D eigenvalue weighted by Crippen LogP contribution is -2.73. The first-order chi connectivity index (χ1) is 8.44. The lowest BCUT2D eigenvalue weighted by Gasteiger charge is -2.48. The SMILES string of the molecule is CCC1(C)NC(=O)C(C)(C)N(CCS(C)(=O)=O)C1=O. The second-order valence-electron chi connectivity index (χ2n) is 5.79. The van der Waals surface area contributed by atoms with Gasteiger partial charge in [-0.15, -0.1) is 0 Å². The van der Waals surface area contributed by atoms with Crippen LogP contribution in [-0.4, -0.2) is 54.8 Å². The van der Waals surface area contributed by atoms with Crippen LogP contribution in [0.25, 0.3) is 0 Å². The molecule has 19 heavy (non-hydrogen) atoms. The van der Waals surface area contributed by atoms with Gasteiger partial charge in [-0.05, 0) is 27.2 Å². The molecule has 0 aromatic heterocycles. The third kappa shape index (κ3) is 3.08. The zero-order valence-electron chi connectivity index (χ0n) is 12.1. The number of nitrogens with zero attached hydrogens (tertiary/aromatic N) is 1. The minimum Gasteiger partial charge on any atom is -0.340 e. The number of nitrogens with one attached hydrogen (secondary N) is 1. The Morgan fingerprint density at radius 1 is 1.21 bits per heavy atom. The first-order valence-corrected chi connectivity index (χ1v) is 8.32. The first-order valence-electron chi connectivity index (χ1n) is 6.26. The molecule has 1 rings (SSSR count). The van der Waals surface area contributed by atoms with Gasteiger partial charge in [-0.3, -0.25) is 9.59 Å². The van der Waals surface area contributed by atoms with Gasteiger partial charge >= 0.3 is 0 Å². The number of rotatable bonds is 4. The molecule has 1 saturated heterocycles. The molecule has 7 heteroatoms. The second kappa shape index (κ2) is 4.77. The average molecular weight is 290 g/mol. The number of carbonyl (C=O) groups excluding carboxylic acids is 2. The largest absolute Gasteiger partial charge is 0.340 e. The number of amides is 2. The molecular formula is C12H22N2O4S. The Kier molecular flexibility index (Phi) is 4.01. The van der Waals surface area contributed by atoms with E-state index in [4.69, 9.17) is 0 Å². The van der Waals surface area contributed by atoms with Gasteiger partial charge in [0.1, 0.15) is 20.9 Å². The van der Waals surface area contributed by atoms with Gasteiger partial charge in [-0.1, -0.05) is 6.92 Å². The van der Waals surface area contributed by atoms with Gasteiger partial charge < -0.3 is 10.2 Å². The van der Waals surface area contributed by atoms with E-state index in [9.17, 15) is 18.0 Å². The number of piperazine rings is 1. The summed E-state index contributed by atoms with van der Waals surface area (Å²) in [4.78, 5) is 26.0. The van der Waals surface area contributed by atoms with Crippen LogP contribution in [0.3, 0.4) is 0 Å². The van der Waals surface area contributed by atoms with Crippen molar-refractivity contribution in [3.05, 3.63) is 0 Å². The summed E-state index contributed by atoms with van der Waals surface area (Å²) in [6.07, 6.45) is 1.58. The van der Waals surface area contributed by atoms with Crippen molar-refractivity contribution in [3.63, 3.8) is 0 Å². The van der Waals surface area contributed by atoms with Gasteiger partial charge in [0.2, 0.25) is 11.8 Å². The average Bonchev–Trinajstić information content (AvgIpc) is 2.25. The third-order valence-corrected chi connectivity index (χ3v) is 4.65. The van der Waals surface area contributed by atoms with Crippen LogP contribution < -0.4 is 5.32 Å². The number of hydrogen-bond donors (Lipinski definition) is 1. The Morgan fingerprint density at radius 3 is 2.16 bits per heavy atom. The minimum absolute atomic E-state index is 0.0354. The van der Waals surface area contributed by atoms with E-state index in [1.807, 2.05) is 6.92 Å². The Hall–Kier alpha value is -1.11. The van der Waals surface area contributed by atoms with Crippen LogP contribution >= 0.6 is 0 Å². The standard InChI is InChI=1S/C12H22N2O4S/c1-6-12(4)10(16)14(7-8-19(5,17)18)11(2,3)9(15)13-12/h6-8H2,1-5H3,(H,13,15). The summed E-state index contributed by atoms with van der Waals surface area (Å²) < 4.78 is 22.5. The van der Waals surface area contributed by atoms with Crippen LogP contribution in [0.5, 0.6) is 0 Å². The number of sulfone groups is 1. The van der Waals surface area contributed by atoms with E-state index < -0.39 is 20.9 Å². The maximum atomic E-state index is 12.5. The van der Waals surface area contributed by atoms with Crippen molar-refractivity contribution >= 4 is 21.7 Å². The van der Waals surface area contributed by atoms with Crippen molar-refractivity contribution in [1.29, 1.82) is 0 Å². The summed E-state index contributed by atoms with van der Waals surface area (Å²) in [6, 6.07) is 0. The molecule has 1 atom stereocenters. The van der Waals surface area contributed by atoms with Gasteiger partial charge in [0, 0.05) is 12.8 Å². The van der Waals surface area contributed by atoms with Crippen LogP contribution in [0.2, 0.25) is 0 Å². The molecule has 6 nitrogen and oxygen atoms in total. The molecule has 0 bridgehead atoms. The first kappa shape index (κ1) is 15.9. The van der Waals surface area contributed by atoms with Gasteiger partial charge in [0.05, 0.1) is 5.75 Å². The predicted octanol–water partition coefficient (Wildman–Crippen LogP) is -0.0633. The van der Waals surface area contributed by atoms with Crippen molar-refractivity contribution in [1.82, 2.24) is 10.2 Å². The molecule has 1 unspecified atom stereocenters. The van der Waals surface area contributed by atoms with E-state index in [0.717, 1.165) is 6.26 Å². The summed E-state index contributed by atoms with van der Waals surface area (Å²) in [6.45, 7) is 6.75. The quantitative estimate of drug-likeness (QED) is 0.786. The maximum absolute atomic E-state index is 12.5. The molecule has 0 aromatic rings. The van der Waals surface area contributed by atoms with Crippen LogP contribution in [-0.2, 0) is 19.4 Å². The topological polar surface area (TPSA) is 83.6 Å². The monoisotopic (exact) mass is 290 g/mol. The minimum atomic E-state index is -3.18. The van der Waals surface area contributed by atoms with E-state index in [0.29, 0.717) is 6.42 Å². The highest BCUT2D eigenvalue weighted by atomic mass is 32.2. The van der Waals surface area contributed by atoms with Gasteiger partial charge in [0.15, 0.2) is 0 Å². The highest BCUT2D eigenvalue weighted by molar-refractivity contribution is 7.90. The van der Waals surface area contributed by atoms with E-state index in [-0.39, 0.29) is 24.1 Å². The summed E-state index contributed by atoms with van der Waals surface area (Å²) in [5, 5.41) is 2.73. The Bertz CT molecular complexity index is 498. The molecule has 1 N–H and O–H groups in total. The molecule has 1 aliphatic heterocycles. The summed E-state index contributed by atoms with van der Waals surface area (Å²) in [5.74, 6) is -0.636. The molecule has 1 aliphatic rings. The fraction of sp³-hybridized carbons (Fsp3) is 0.833. The van der Waals surface area contributed by atoms with E-state index >= 15 is 0 Å². The highest BCUT2D eigenvalue weighted by Gasteiger charge is 2.51. The summed E-state index contributed by atoms with van der Waals surface area (Å²) in [5.41, 5.74) is -1.99. The Morgan fingerprint density at radius 2 is 1.74 bits per heavy atom. The Labute approximate surface area is 114 Å². The van der Waals surface area contributed by atoms with Gasteiger partial charge in [0.25, 0.3) is 0 Å². The van der Waals surface area contributed by atoms with Gasteiger partial charge in [-0.25, -0.2) is 8.42 Å². The van der Waals surface area contributed by atoms with Crippen LogP contribution in [0, 0.1) is 0 Å². The van der Waals surface area contributed by atoms with E-state index in [2.05, 4.69) is 5.32 Å². The molecular weight excluding hydrogens is 268 g/mol. The van der Waals surface area contributed by atoms with E-state index in [1.165, 1.54) is 4.90 Å². The molecule has 0 aromatic carbocycles. The molecule has 110 valence electrons. The van der Waals surface area contributed by atoms with Crippen molar-refractivity contribution in [2.75, 3.05) is 18.6 Å². The van der Waals surface area contributed by atoms with Gasteiger partial charge in [-0.2, -0.15) is 0 Å². The maximum Gasteiger partial charge on any atom is 0.248 e. The third-order valence-electron chi connectivity index (χ3n) is 3.73. The predicted molar refractivity (Wildman–Crippen MR) is 72.3 cm³/mol. The number of carbonyl (C=O) groups is 2. The molecule has 0 spiro atoms. The second-order valence-corrected chi connectivity index (χ2v) is 8.05. The summed E-state index contributed by atoms with van der Waals surface area (Å²) in [7, 11) is -3.18. The molecule has 0 radical (unpaired) electrons. The molecule has 0 aliphatic carbocycles. The van der Waals surface area contributed by atoms with Crippen LogP contribution in [0.4, 0.5) is 0 Å². The van der Waals surface area contributed by atoms with Crippen molar-refractivity contribution in [3.8, 4) is 0 Å².